The van der Waals surface area contributed by atoms with Gasteiger partial charge in [-0.3, -0.25) is 0 Å². The Morgan fingerprint density at radius 2 is 1.91 bits per heavy atom. The van der Waals surface area contributed by atoms with Crippen LogP contribution >= 0.6 is 27.5 Å². The summed E-state index contributed by atoms with van der Waals surface area (Å²) < 4.78 is 24.8. The first-order chi connectivity index (χ1) is 15.9. The van der Waals surface area contributed by atoms with E-state index in [-0.39, 0.29) is 24.4 Å². The highest BCUT2D eigenvalue weighted by Crippen LogP contribution is 2.38. The highest BCUT2D eigenvalue weighted by Gasteiger charge is 2.49. The third kappa shape index (κ3) is 4.36. The fourth-order valence-corrected chi connectivity index (χ4v) is 4.70. The number of anilines is 2. The topological polar surface area (TPSA) is 78.0 Å². The summed E-state index contributed by atoms with van der Waals surface area (Å²) in [6.07, 6.45) is 1.16. The van der Waals surface area contributed by atoms with Gasteiger partial charge in [0, 0.05) is 21.6 Å². The molecule has 0 bridgehead atoms. The van der Waals surface area contributed by atoms with E-state index in [2.05, 4.69) is 36.1 Å². The molecule has 0 aliphatic carbocycles. The Morgan fingerprint density at radius 3 is 2.67 bits per heavy atom. The Morgan fingerprint density at radius 1 is 1.09 bits per heavy atom. The molecule has 174 valence electrons. The number of methoxy groups -OCH3 is 1. The summed E-state index contributed by atoms with van der Waals surface area (Å²) >= 11 is 9.64. The van der Waals surface area contributed by atoms with Crippen molar-refractivity contribution in [1.82, 2.24) is 14.9 Å². The van der Waals surface area contributed by atoms with Gasteiger partial charge >= 0.3 is 0 Å². The number of benzene rings is 2. The van der Waals surface area contributed by atoms with E-state index in [0.717, 1.165) is 21.1 Å². The zero-order chi connectivity index (χ0) is 23.1. The summed E-state index contributed by atoms with van der Waals surface area (Å²) in [5.41, 5.74) is 1.53. The fourth-order valence-electron chi connectivity index (χ4n) is 4.28. The van der Waals surface area contributed by atoms with Crippen LogP contribution in [-0.2, 0) is 9.47 Å². The van der Waals surface area contributed by atoms with Crippen molar-refractivity contribution in [2.75, 3.05) is 39.7 Å². The van der Waals surface area contributed by atoms with Crippen molar-refractivity contribution in [3.8, 4) is 11.5 Å². The van der Waals surface area contributed by atoms with E-state index < -0.39 is 0 Å². The van der Waals surface area contributed by atoms with Gasteiger partial charge in [-0.1, -0.05) is 11.6 Å². The normalized spacial score (nSPS) is 24.3. The number of fused-ring (bicyclic) bond motifs is 2. The van der Waals surface area contributed by atoms with Gasteiger partial charge in [-0.2, -0.15) is 0 Å². The zero-order valence-electron chi connectivity index (χ0n) is 18.4. The van der Waals surface area contributed by atoms with Crippen LogP contribution in [-0.4, -0.2) is 73.6 Å². The molecule has 33 heavy (non-hydrogen) atoms. The molecular weight excluding hydrogens is 512 g/mol. The highest BCUT2D eigenvalue weighted by molar-refractivity contribution is 9.10. The SMILES string of the molecule is COc1cc2c(Nc3ccc(Br)c(Cl)c3)ncnc2cc1OC1CO[C@H]2C(N(C)C)CO[C@@H]12. The molecule has 2 aliphatic heterocycles. The molecule has 2 aromatic carbocycles. The lowest BCUT2D eigenvalue weighted by Crippen LogP contribution is -2.41. The van der Waals surface area contributed by atoms with Crippen LogP contribution in [0.3, 0.4) is 0 Å². The minimum Gasteiger partial charge on any atom is -0.493 e. The molecule has 2 fully saturated rings. The molecule has 1 N–H and O–H groups in total. The molecule has 2 saturated heterocycles. The van der Waals surface area contributed by atoms with E-state index >= 15 is 0 Å². The number of likely N-dealkylation sites (N-methyl/N-ethyl adjacent to an activating group) is 1. The quantitative estimate of drug-likeness (QED) is 0.501. The third-order valence-corrected chi connectivity index (χ3v) is 7.26. The zero-order valence-corrected chi connectivity index (χ0v) is 20.8. The highest BCUT2D eigenvalue weighted by atomic mass is 79.9. The number of hydrogen-bond donors (Lipinski definition) is 1. The third-order valence-electron chi connectivity index (χ3n) is 6.03. The second-order valence-electron chi connectivity index (χ2n) is 8.28. The van der Waals surface area contributed by atoms with E-state index in [9.17, 15) is 0 Å². The molecular formula is C23H24BrClN4O4. The van der Waals surface area contributed by atoms with Crippen LogP contribution in [0.4, 0.5) is 11.5 Å². The number of ether oxygens (including phenoxy) is 4. The molecule has 0 amide bonds. The van der Waals surface area contributed by atoms with Gasteiger partial charge in [-0.15, -0.1) is 0 Å². The van der Waals surface area contributed by atoms with Gasteiger partial charge in [0.2, 0.25) is 0 Å². The molecule has 0 radical (unpaired) electrons. The second kappa shape index (κ2) is 9.23. The summed E-state index contributed by atoms with van der Waals surface area (Å²) in [5.74, 6) is 1.81. The van der Waals surface area contributed by atoms with Gasteiger partial charge in [0.05, 0.1) is 36.9 Å². The number of nitrogens with one attached hydrogen (secondary N) is 1. The van der Waals surface area contributed by atoms with Crippen molar-refractivity contribution in [3.63, 3.8) is 0 Å². The van der Waals surface area contributed by atoms with E-state index in [4.69, 9.17) is 30.5 Å². The molecule has 2 unspecified atom stereocenters. The van der Waals surface area contributed by atoms with Crippen molar-refractivity contribution in [2.45, 2.75) is 24.4 Å². The van der Waals surface area contributed by atoms with Crippen LogP contribution in [0.2, 0.25) is 5.02 Å². The Kier molecular flexibility index (Phi) is 6.32. The first kappa shape index (κ1) is 22.6. The number of halogens is 2. The van der Waals surface area contributed by atoms with Gasteiger partial charge in [-0.25, -0.2) is 9.97 Å². The second-order valence-corrected chi connectivity index (χ2v) is 9.54. The molecule has 4 atom stereocenters. The summed E-state index contributed by atoms with van der Waals surface area (Å²) in [4.78, 5) is 11.0. The Hall–Kier alpha value is -2.17. The van der Waals surface area contributed by atoms with E-state index in [0.29, 0.717) is 35.6 Å². The van der Waals surface area contributed by atoms with Crippen LogP contribution in [0.1, 0.15) is 0 Å². The van der Waals surface area contributed by atoms with E-state index in [1.54, 1.807) is 7.11 Å². The first-order valence-corrected chi connectivity index (χ1v) is 11.7. The van der Waals surface area contributed by atoms with Gasteiger partial charge < -0.3 is 29.2 Å². The standard InChI is InChI=1S/C23H24BrClN4O4/c1-29(2)17-9-31-22-20(10-32-21(17)22)33-19-8-16-13(7-18(19)30-3)23(27-11-26-16)28-12-4-5-14(24)15(25)6-12/h4-8,11,17,20-22H,9-10H2,1-3H3,(H,26,27,28)/t17?,20?,21-,22-/m0/s1. The van der Waals surface area contributed by atoms with Gasteiger partial charge in [0.15, 0.2) is 17.6 Å². The predicted octanol–water partition coefficient (Wildman–Crippen LogP) is 4.27. The number of aromatic nitrogens is 2. The maximum atomic E-state index is 6.34. The van der Waals surface area contributed by atoms with Crippen LogP contribution in [0, 0.1) is 0 Å². The van der Waals surface area contributed by atoms with Crippen molar-refractivity contribution in [1.29, 1.82) is 0 Å². The fraction of sp³-hybridized carbons (Fsp3) is 0.391. The van der Waals surface area contributed by atoms with Crippen molar-refractivity contribution in [3.05, 3.63) is 46.2 Å². The lowest BCUT2D eigenvalue weighted by atomic mass is 10.1. The molecule has 1 aromatic heterocycles. The summed E-state index contributed by atoms with van der Waals surface area (Å²) in [6.45, 7) is 1.08. The maximum absolute atomic E-state index is 6.34. The first-order valence-electron chi connectivity index (χ1n) is 10.6. The lowest BCUT2D eigenvalue weighted by molar-refractivity contribution is 0.0271. The minimum absolute atomic E-state index is 0.00712. The summed E-state index contributed by atoms with van der Waals surface area (Å²) in [6, 6.07) is 9.57. The van der Waals surface area contributed by atoms with Gasteiger partial charge in [0.1, 0.15) is 24.4 Å². The van der Waals surface area contributed by atoms with E-state index in [1.165, 1.54) is 6.33 Å². The number of hydrogen-bond acceptors (Lipinski definition) is 8. The lowest BCUT2D eigenvalue weighted by Gasteiger charge is -2.22. The molecule has 0 spiro atoms. The number of nitrogens with zero attached hydrogens (tertiary/aromatic N) is 3. The number of rotatable bonds is 6. The largest absolute Gasteiger partial charge is 0.493 e. The predicted molar refractivity (Wildman–Crippen MR) is 130 cm³/mol. The van der Waals surface area contributed by atoms with Crippen LogP contribution in [0.5, 0.6) is 11.5 Å². The van der Waals surface area contributed by atoms with E-state index in [1.807, 2.05) is 44.4 Å². The van der Waals surface area contributed by atoms with Gasteiger partial charge in [0.25, 0.3) is 0 Å². The summed E-state index contributed by atoms with van der Waals surface area (Å²) in [7, 11) is 5.68. The molecule has 0 saturated carbocycles. The monoisotopic (exact) mass is 534 g/mol. The Balaban J connectivity index is 1.42. The molecule has 5 rings (SSSR count). The van der Waals surface area contributed by atoms with Crippen molar-refractivity contribution >= 4 is 49.9 Å². The molecule has 8 nitrogen and oxygen atoms in total. The maximum Gasteiger partial charge on any atom is 0.164 e. The van der Waals surface area contributed by atoms with Crippen LogP contribution in [0.15, 0.2) is 41.1 Å². The Labute approximate surface area is 205 Å². The molecule has 3 heterocycles. The minimum atomic E-state index is -0.226. The van der Waals surface area contributed by atoms with Crippen LogP contribution < -0.4 is 14.8 Å². The van der Waals surface area contributed by atoms with Crippen molar-refractivity contribution in [2.24, 2.45) is 0 Å². The summed E-state index contributed by atoms with van der Waals surface area (Å²) in [5, 5.41) is 4.71. The smallest absolute Gasteiger partial charge is 0.164 e. The Bertz CT molecular complexity index is 1180. The van der Waals surface area contributed by atoms with Gasteiger partial charge in [-0.05, 0) is 54.3 Å². The molecule has 10 heteroatoms. The average Bonchev–Trinajstić information content (AvgIpc) is 3.39. The van der Waals surface area contributed by atoms with Crippen LogP contribution in [0.25, 0.3) is 10.9 Å². The molecule has 3 aromatic rings. The molecule has 2 aliphatic rings. The van der Waals surface area contributed by atoms with Crippen molar-refractivity contribution < 1.29 is 18.9 Å². The average molecular weight is 536 g/mol.